The van der Waals surface area contributed by atoms with Gasteiger partial charge in [0.05, 0.1) is 14.2 Å². The lowest BCUT2D eigenvalue weighted by molar-refractivity contribution is -0.670. The van der Waals surface area contributed by atoms with Crippen molar-refractivity contribution in [1.29, 1.82) is 0 Å². The molecule has 8 heteroatoms. The second-order valence-electron chi connectivity index (χ2n) is 3.84. The van der Waals surface area contributed by atoms with Crippen LogP contribution in [0.25, 0.3) is 10.8 Å². The van der Waals surface area contributed by atoms with E-state index in [2.05, 4.69) is 12.3 Å². The van der Waals surface area contributed by atoms with Crippen LogP contribution in [-0.2, 0) is 17.6 Å². The quantitative estimate of drug-likeness (QED) is 0.471. The first kappa shape index (κ1) is 16.1. The predicted octanol–water partition coefficient (Wildman–Crippen LogP) is 1.10. The van der Waals surface area contributed by atoms with Gasteiger partial charge in [-0.25, -0.2) is 13.0 Å². The highest BCUT2D eigenvalue weighted by Gasteiger charge is 2.07. The van der Waals surface area contributed by atoms with Gasteiger partial charge in [-0.3, -0.25) is 0 Å². The number of pyridine rings is 1. The monoisotopic (exact) mass is 303 g/mol. The maximum absolute atomic E-state index is 10.1. The van der Waals surface area contributed by atoms with Crippen LogP contribution in [0.5, 0.6) is 11.5 Å². The Bertz CT molecular complexity index is 694. The molecule has 0 aliphatic heterocycles. The molecule has 0 spiro atoms. The van der Waals surface area contributed by atoms with Gasteiger partial charge in [-0.15, -0.1) is 3.89 Å². The standard InChI is InChI=1S/C12H14NO2.FHO3S/c1-13-5-4-9-6-11(14-2)12(15-3)7-10(9)8-13;1-5(2,3)4/h4-8H,1-3H3;(H,2,3,4)/q+1;/p-1. The molecule has 0 unspecified atom stereocenters. The summed E-state index contributed by atoms with van der Waals surface area (Å²) in [6.45, 7) is 0. The van der Waals surface area contributed by atoms with Crippen LogP contribution in [0.2, 0.25) is 0 Å². The Labute approximate surface area is 116 Å². The van der Waals surface area contributed by atoms with Crippen LogP contribution >= 0.6 is 0 Å². The van der Waals surface area contributed by atoms with Crippen molar-refractivity contribution in [3.8, 4) is 11.5 Å². The molecule has 2 rings (SSSR count). The fourth-order valence-corrected chi connectivity index (χ4v) is 1.63. The molecule has 0 atom stereocenters. The number of methoxy groups -OCH3 is 2. The van der Waals surface area contributed by atoms with Gasteiger partial charge in [-0.05, 0) is 17.5 Å². The summed E-state index contributed by atoms with van der Waals surface area (Å²) in [6.07, 6.45) is 4.06. The number of halogens is 1. The fraction of sp³-hybridized carbons (Fsp3) is 0.250. The molecule has 0 radical (unpaired) electrons. The Morgan fingerprint density at radius 1 is 1.15 bits per heavy atom. The van der Waals surface area contributed by atoms with Gasteiger partial charge in [0, 0.05) is 11.5 Å². The average Bonchev–Trinajstić information content (AvgIpc) is 2.35. The molecule has 0 aliphatic rings. The molecule has 110 valence electrons. The summed E-state index contributed by atoms with van der Waals surface area (Å²) in [5, 5.41) is 2.28. The zero-order valence-corrected chi connectivity index (χ0v) is 12.0. The van der Waals surface area contributed by atoms with Crippen molar-refractivity contribution >= 4 is 21.3 Å². The minimum absolute atomic E-state index is 0.760. The number of nitrogens with zero attached hydrogens (tertiary/aromatic N) is 1. The van der Waals surface area contributed by atoms with Gasteiger partial charge in [0.2, 0.25) is 0 Å². The highest BCUT2D eigenvalue weighted by atomic mass is 32.3. The lowest BCUT2D eigenvalue weighted by Gasteiger charge is -2.07. The molecule has 0 amide bonds. The zero-order chi connectivity index (χ0) is 15.3. The molecule has 0 aliphatic carbocycles. The van der Waals surface area contributed by atoms with Gasteiger partial charge >= 0.3 is 0 Å². The second-order valence-corrected chi connectivity index (χ2v) is 4.63. The number of rotatable bonds is 2. The van der Waals surface area contributed by atoms with Crippen LogP contribution in [0.3, 0.4) is 0 Å². The van der Waals surface area contributed by atoms with E-state index in [0.717, 1.165) is 22.3 Å². The molecule has 0 bridgehead atoms. The Morgan fingerprint density at radius 2 is 1.60 bits per heavy atom. The van der Waals surface area contributed by atoms with Gasteiger partial charge in [0.1, 0.15) is 7.05 Å². The number of aryl methyl sites for hydroxylation is 1. The fourth-order valence-electron chi connectivity index (χ4n) is 1.63. The van der Waals surface area contributed by atoms with E-state index >= 15 is 0 Å². The third kappa shape index (κ3) is 4.98. The number of benzene rings is 1. The third-order valence-corrected chi connectivity index (χ3v) is 2.42. The van der Waals surface area contributed by atoms with Gasteiger partial charge < -0.3 is 14.0 Å². The van der Waals surface area contributed by atoms with E-state index in [1.54, 1.807) is 14.2 Å². The van der Waals surface area contributed by atoms with Crippen LogP contribution in [0.1, 0.15) is 0 Å². The van der Waals surface area contributed by atoms with E-state index in [-0.39, 0.29) is 0 Å². The lowest BCUT2D eigenvalue weighted by atomic mass is 10.1. The molecule has 20 heavy (non-hydrogen) atoms. The number of ether oxygens (including phenoxy) is 2. The Morgan fingerprint density at radius 3 is 2.05 bits per heavy atom. The number of hydrogen-bond donors (Lipinski definition) is 0. The molecule has 0 saturated heterocycles. The van der Waals surface area contributed by atoms with Gasteiger partial charge in [0.15, 0.2) is 23.9 Å². The molecular formula is C12H14FNO5S. The molecule has 1 aromatic carbocycles. The number of aromatic nitrogens is 1. The predicted molar refractivity (Wildman–Crippen MR) is 69.0 cm³/mol. The highest BCUT2D eigenvalue weighted by molar-refractivity contribution is 7.80. The first-order valence-electron chi connectivity index (χ1n) is 5.41. The van der Waals surface area contributed by atoms with E-state index in [4.69, 9.17) is 22.4 Å². The summed E-state index contributed by atoms with van der Waals surface area (Å²) < 4.78 is 47.8. The maximum Gasteiger partial charge on any atom is 0.255 e. The molecule has 0 N–H and O–H groups in total. The average molecular weight is 303 g/mol. The van der Waals surface area contributed by atoms with Crippen molar-refractivity contribution in [3.05, 3.63) is 30.6 Å². The van der Waals surface area contributed by atoms with Crippen LogP contribution in [0.4, 0.5) is 3.89 Å². The summed E-state index contributed by atoms with van der Waals surface area (Å²) in [4.78, 5) is 0. The minimum atomic E-state index is -5.42. The Balaban J connectivity index is 0.000000347. The smallest absolute Gasteiger partial charge is 0.255 e. The molecule has 0 saturated carbocycles. The molecule has 1 heterocycles. The van der Waals surface area contributed by atoms with Crippen molar-refractivity contribution in [1.82, 2.24) is 0 Å². The second kappa shape index (κ2) is 6.49. The van der Waals surface area contributed by atoms with Gasteiger partial charge in [-0.1, -0.05) is 0 Å². The molecule has 2 aromatic rings. The van der Waals surface area contributed by atoms with Crippen molar-refractivity contribution in [2.75, 3.05) is 14.2 Å². The highest BCUT2D eigenvalue weighted by Crippen LogP contribution is 2.31. The van der Waals surface area contributed by atoms with Crippen molar-refractivity contribution in [2.45, 2.75) is 0 Å². The lowest BCUT2D eigenvalue weighted by Crippen LogP contribution is -2.25. The summed E-state index contributed by atoms with van der Waals surface area (Å²) >= 11 is 0. The minimum Gasteiger partial charge on any atom is -0.722 e. The first-order chi connectivity index (χ1) is 9.24. The molecule has 1 aromatic heterocycles. The normalized spacial score (nSPS) is 10.7. The largest absolute Gasteiger partial charge is 0.722 e. The van der Waals surface area contributed by atoms with E-state index in [9.17, 15) is 3.89 Å². The topological polar surface area (TPSA) is 79.5 Å². The van der Waals surface area contributed by atoms with Crippen LogP contribution < -0.4 is 14.0 Å². The maximum atomic E-state index is 10.1. The van der Waals surface area contributed by atoms with Crippen molar-refractivity contribution < 1.29 is 30.9 Å². The third-order valence-electron chi connectivity index (χ3n) is 2.42. The van der Waals surface area contributed by atoms with E-state index in [0.29, 0.717) is 0 Å². The van der Waals surface area contributed by atoms with Gasteiger partial charge in [0.25, 0.3) is 10.5 Å². The van der Waals surface area contributed by atoms with E-state index in [1.165, 1.54) is 0 Å². The van der Waals surface area contributed by atoms with Crippen LogP contribution in [-0.4, -0.2) is 27.2 Å². The SMILES string of the molecule is COc1cc2cc[n+](C)cc2cc1OC.O=S(=O)([O-])F. The van der Waals surface area contributed by atoms with E-state index in [1.807, 2.05) is 29.9 Å². The van der Waals surface area contributed by atoms with Crippen LogP contribution in [0, 0.1) is 0 Å². The van der Waals surface area contributed by atoms with Crippen molar-refractivity contribution in [3.63, 3.8) is 0 Å². The number of hydrogen-bond acceptors (Lipinski definition) is 5. The summed E-state index contributed by atoms with van der Waals surface area (Å²) in [7, 11) is -0.130. The summed E-state index contributed by atoms with van der Waals surface area (Å²) in [5.41, 5.74) is 0. The van der Waals surface area contributed by atoms with Gasteiger partial charge in [-0.2, -0.15) is 0 Å². The Hall–Kier alpha value is -1.93. The molecule has 6 nitrogen and oxygen atoms in total. The number of fused-ring (bicyclic) bond motifs is 1. The van der Waals surface area contributed by atoms with E-state index < -0.39 is 10.5 Å². The zero-order valence-electron chi connectivity index (χ0n) is 11.2. The van der Waals surface area contributed by atoms with Crippen LogP contribution in [0.15, 0.2) is 30.6 Å². The molecular weight excluding hydrogens is 289 g/mol. The molecule has 0 fully saturated rings. The Kier molecular flexibility index (Phi) is 5.23. The summed E-state index contributed by atoms with van der Waals surface area (Å²) in [6, 6.07) is 6.01. The van der Waals surface area contributed by atoms with Crippen molar-refractivity contribution in [2.24, 2.45) is 7.05 Å². The summed E-state index contributed by atoms with van der Waals surface area (Å²) in [5.74, 6) is 1.52. The first-order valence-corrected chi connectivity index (χ1v) is 6.72.